The molecule has 0 aromatic heterocycles. The number of nitrogens with zero attached hydrogens (tertiary/aromatic N) is 2. The summed E-state index contributed by atoms with van der Waals surface area (Å²) in [5, 5.41) is 10.9. The number of nitrogens with two attached hydrogens (primary N) is 1. The predicted octanol–water partition coefficient (Wildman–Crippen LogP) is 7.86. The standard InChI is InChI=1S/C32H27ClF3N3O2/c1-18-14-19(2)23(15-20(18)17-41-22-12-10-21(33)11-13-22)29-24(16-37)31(38)39(27-8-5-9-28(40)30(27)29)26-7-4-3-6-25(26)32(34,35)36/h3-4,6-7,10-15,29H,5,8-9,17,38H2,1-2H3. The van der Waals surface area contributed by atoms with E-state index in [1.165, 1.54) is 23.1 Å². The Morgan fingerprint density at radius 2 is 1.78 bits per heavy atom. The highest BCUT2D eigenvalue weighted by atomic mass is 35.5. The van der Waals surface area contributed by atoms with Crippen LogP contribution in [0.4, 0.5) is 18.9 Å². The normalized spacial score (nSPS) is 17.4. The summed E-state index contributed by atoms with van der Waals surface area (Å²) in [6.45, 7) is 4.05. The van der Waals surface area contributed by atoms with Crippen LogP contribution in [0.3, 0.4) is 0 Å². The second kappa shape index (κ2) is 11.0. The van der Waals surface area contributed by atoms with E-state index >= 15 is 0 Å². The third kappa shape index (κ3) is 5.30. The van der Waals surface area contributed by atoms with Gasteiger partial charge in [-0.25, -0.2) is 0 Å². The first-order valence-corrected chi connectivity index (χ1v) is 13.5. The molecule has 1 unspecified atom stereocenters. The number of benzene rings is 3. The SMILES string of the molecule is Cc1cc(C)c(C2C(C#N)=C(N)N(c3ccccc3C(F)(F)F)C3=C2C(=O)CCC3)cc1COc1ccc(Cl)cc1. The molecule has 0 radical (unpaired) electrons. The van der Waals surface area contributed by atoms with Gasteiger partial charge in [0.05, 0.1) is 28.8 Å². The molecule has 1 atom stereocenters. The number of allylic oxidation sites excluding steroid dienone is 3. The van der Waals surface area contributed by atoms with Gasteiger partial charge in [0, 0.05) is 22.7 Å². The molecule has 5 nitrogen and oxygen atoms in total. The van der Waals surface area contributed by atoms with Crippen molar-refractivity contribution in [2.24, 2.45) is 5.73 Å². The van der Waals surface area contributed by atoms with Crippen LogP contribution in [0.2, 0.25) is 5.02 Å². The number of para-hydroxylation sites is 1. The molecule has 1 aliphatic carbocycles. The molecule has 1 heterocycles. The predicted molar refractivity (Wildman–Crippen MR) is 151 cm³/mol. The highest BCUT2D eigenvalue weighted by molar-refractivity contribution is 6.30. The van der Waals surface area contributed by atoms with Crippen molar-refractivity contribution in [1.82, 2.24) is 0 Å². The van der Waals surface area contributed by atoms with E-state index in [4.69, 9.17) is 22.1 Å². The molecule has 0 bridgehead atoms. The average molecular weight is 578 g/mol. The number of aryl methyl sites for hydroxylation is 2. The van der Waals surface area contributed by atoms with E-state index in [1.54, 1.807) is 24.3 Å². The van der Waals surface area contributed by atoms with Gasteiger partial charge in [-0.1, -0.05) is 35.9 Å². The molecule has 1 aliphatic heterocycles. The Bertz CT molecular complexity index is 1640. The number of alkyl halides is 3. The zero-order valence-corrected chi connectivity index (χ0v) is 23.2. The number of ether oxygens (including phenoxy) is 1. The first-order chi connectivity index (χ1) is 19.5. The lowest BCUT2D eigenvalue weighted by Crippen LogP contribution is -2.39. The fraction of sp³-hybridized carbons (Fsp3) is 0.250. The van der Waals surface area contributed by atoms with Gasteiger partial charge in [0.25, 0.3) is 0 Å². The number of hydrogen-bond acceptors (Lipinski definition) is 5. The summed E-state index contributed by atoms with van der Waals surface area (Å²) in [5.74, 6) is -0.500. The largest absolute Gasteiger partial charge is 0.489 e. The number of carbonyl (C=O) groups excluding carboxylic acids is 1. The van der Waals surface area contributed by atoms with Crippen LogP contribution in [-0.4, -0.2) is 5.78 Å². The molecule has 2 aliphatic rings. The Labute approximate surface area is 241 Å². The van der Waals surface area contributed by atoms with Gasteiger partial charge >= 0.3 is 6.18 Å². The van der Waals surface area contributed by atoms with Crippen LogP contribution in [0.25, 0.3) is 0 Å². The van der Waals surface area contributed by atoms with Crippen LogP contribution < -0.4 is 15.4 Å². The Morgan fingerprint density at radius 1 is 1.07 bits per heavy atom. The fourth-order valence-corrected chi connectivity index (χ4v) is 5.78. The molecule has 0 saturated heterocycles. The summed E-state index contributed by atoms with van der Waals surface area (Å²) in [7, 11) is 0. The molecule has 9 heteroatoms. The topological polar surface area (TPSA) is 79.4 Å². The monoisotopic (exact) mass is 577 g/mol. The molecule has 5 rings (SSSR count). The number of Topliss-reactive ketones (excluding diaryl/α,β-unsaturated/α-hetero) is 1. The Hall–Kier alpha value is -4.22. The van der Waals surface area contributed by atoms with Gasteiger partial charge in [-0.15, -0.1) is 0 Å². The average Bonchev–Trinajstić information content (AvgIpc) is 2.93. The maximum atomic E-state index is 14.1. The van der Waals surface area contributed by atoms with Crippen molar-refractivity contribution in [3.05, 3.63) is 116 Å². The van der Waals surface area contributed by atoms with Crippen LogP contribution in [0.1, 0.15) is 53.0 Å². The molecule has 0 spiro atoms. The molecule has 210 valence electrons. The molecule has 2 N–H and O–H groups in total. The van der Waals surface area contributed by atoms with Crippen molar-refractivity contribution in [3.63, 3.8) is 0 Å². The van der Waals surface area contributed by atoms with E-state index in [9.17, 15) is 23.2 Å². The van der Waals surface area contributed by atoms with Gasteiger partial charge in [-0.3, -0.25) is 9.69 Å². The first kappa shape index (κ1) is 28.3. The summed E-state index contributed by atoms with van der Waals surface area (Å²) in [5.41, 5.74) is 9.53. The molecule has 0 amide bonds. The minimum Gasteiger partial charge on any atom is -0.489 e. The summed E-state index contributed by atoms with van der Waals surface area (Å²) in [6.07, 6.45) is -3.61. The molecular weight excluding hydrogens is 551 g/mol. The van der Waals surface area contributed by atoms with E-state index in [-0.39, 0.29) is 35.9 Å². The van der Waals surface area contributed by atoms with Crippen molar-refractivity contribution in [2.75, 3.05) is 4.90 Å². The molecule has 3 aromatic carbocycles. The smallest absolute Gasteiger partial charge is 0.418 e. The zero-order valence-electron chi connectivity index (χ0n) is 22.5. The van der Waals surface area contributed by atoms with Crippen LogP contribution in [0.5, 0.6) is 5.75 Å². The van der Waals surface area contributed by atoms with E-state index in [1.807, 2.05) is 26.0 Å². The molecular formula is C32H27ClF3N3O2. The number of nitriles is 1. The van der Waals surface area contributed by atoms with Gasteiger partial charge in [-0.2, -0.15) is 18.4 Å². The summed E-state index contributed by atoms with van der Waals surface area (Å²) >= 11 is 5.98. The molecule has 0 fully saturated rings. The second-order valence-corrected chi connectivity index (χ2v) is 10.6. The van der Waals surface area contributed by atoms with Gasteiger partial charge in [-0.05, 0) is 85.3 Å². The zero-order chi connectivity index (χ0) is 29.5. The molecule has 41 heavy (non-hydrogen) atoms. The van der Waals surface area contributed by atoms with Crippen LogP contribution >= 0.6 is 11.6 Å². The minimum atomic E-state index is -4.66. The van der Waals surface area contributed by atoms with Gasteiger partial charge in [0.1, 0.15) is 18.2 Å². The minimum absolute atomic E-state index is 0.0347. The van der Waals surface area contributed by atoms with Gasteiger partial charge < -0.3 is 10.5 Å². The fourth-order valence-electron chi connectivity index (χ4n) is 5.66. The van der Waals surface area contributed by atoms with E-state index in [0.717, 1.165) is 22.8 Å². The van der Waals surface area contributed by atoms with Crippen molar-refractivity contribution < 1.29 is 22.7 Å². The summed E-state index contributed by atoms with van der Waals surface area (Å²) < 4.78 is 48.1. The number of rotatable bonds is 5. The van der Waals surface area contributed by atoms with Crippen LogP contribution in [-0.2, 0) is 17.6 Å². The lowest BCUT2D eigenvalue weighted by molar-refractivity contribution is -0.137. The maximum Gasteiger partial charge on any atom is 0.418 e. The number of ketones is 1. The summed E-state index contributed by atoms with van der Waals surface area (Å²) in [4.78, 5) is 14.8. The highest BCUT2D eigenvalue weighted by Gasteiger charge is 2.43. The van der Waals surface area contributed by atoms with Crippen LogP contribution in [0, 0.1) is 25.2 Å². The Balaban J connectivity index is 1.65. The van der Waals surface area contributed by atoms with Crippen molar-refractivity contribution in [3.8, 4) is 11.8 Å². The van der Waals surface area contributed by atoms with Gasteiger partial charge in [0.2, 0.25) is 0 Å². The molecule has 0 saturated carbocycles. The Kier molecular flexibility index (Phi) is 7.58. The number of halogens is 4. The van der Waals surface area contributed by atoms with Crippen molar-refractivity contribution in [1.29, 1.82) is 5.26 Å². The lowest BCUT2D eigenvalue weighted by atomic mass is 9.74. The first-order valence-electron chi connectivity index (χ1n) is 13.1. The van der Waals surface area contributed by atoms with E-state index in [0.29, 0.717) is 40.4 Å². The van der Waals surface area contributed by atoms with Crippen molar-refractivity contribution in [2.45, 2.75) is 51.8 Å². The second-order valence-electron chi connectivity index (χ2n) is 10.2. The quantitative estimate of drug-likeness (QED) is 0.334. The number of anilines is 1. The van der Waals surface area contributed by atoms with Gasteiger partial charge in [0.15, 0.2) is 5.78 Å². The third-order valence-corrected chi connectivity index (χ3v) is 7.86. The number of carbonyl (C=O) groups is 1. The maximum absolute atomic E-state index is 14.1. The van der Waals surface area contributed by atoms with E-state index < -0.39 is 17.7 Å². The number of hydrogen-bond donors (Lipinski definition) is 1. The van der Waals surface area contributed by atoms with Crippen LogP contribution in [0.15, 0.2) is 83.3 Å². The highest BCUT2D eigenvalue weighted by Crippen LogP contribution is 2.49. The third-order valence-electron chi connectivity index (χ3n) is 7.61. The lowest BCUT2D eigenvalue weighted by Gasteiger charge is -2.40. The molecule has 3 aromatic rings. The summed E-state index contributed by atoms with van der Waals surface area (Å²) in [6, 6.07) is 18.1. The van der Waals surface area contributed by atoms with Crippen molar-refractivity contribution >= 4 is 23.1 Å². The Morgan fingerprint density at radius 3 is 2.46 bits per heavy atom. The van der Waals surface area contributed by atoms with E-state index in [2.05, 4.69) is 6.07 Å².